The van der Waals surface area contributed by atoms with Crippen molar-refractivity contribution in [1.29, 1.82) is 0 Å². The zero-order chi connectivity index (χ0) is 18.3. The van der Waals surface area contributed by atoms with Crippen LogP contribution in [0, 0.1) is 0 Å². The van der Waals surface area contributed by atoms with Crippen LogP contribution in [0.15, 0.2) is 18.2 Å². The number of nitrogens with one attached hydrogen (secondary N) is 2. The molecule has 0 aromatic heterocycles. The molecule has 0 aliphatic rings. The Balaban J connectivity index is 2.92. The zero-order valence-corrected chi connectivity index (χ0v) is 16.1. The van der Waals surface area contributed by atoms with E-state index in [1.165, 1.54) is 7.05 Å². The molecular weight excluding hydrogens is 375 g/mol. The van der Waals surface area contributed by atoms with Crippen LogP contribution in [-0.4, -0.2) is 28.9 Å². The zero-order valence-electron chi connectivity index (χ0n) is 13.8. The summed E-state index contributed by atoms with van der Waals surface area (Å²) in [5, 5.41) is 5.11. The van der Waals surface area contributed by atoms with Gasteiger partial charge in [0, 0.05) is 12.7 Å². The van der Waals surface area contributed by atoms with E-state index >= 15 is 0 Å². The second-order valence-corrected chi connectivity index (χ2v) is 7.47. The molecule has 2 N–H and O–H groups in total. The largest absolute Gasteiger partial charge is 0.441 e. The van der Waals surface area contributed by atoms with Crippen LogP contribution in [0.4, 0.5) is 10.5 Å². The van der Waals surface area contributed by atoms with E-state index in [2.05, 4.69) is 10.6 Å². The predicted octanol–water partition coefficient (Wildman–Crippen LogP) is 4.23. The minimum absolute atomic E-state index is 0.273. The van der Waals surface area contributed by atoms with Crippen LogP contribution in [-0.2, 0) is 22.4 Å². The van der Waals surface area contributed by atoms with Crippen LogP contribution in [0.5, 0.6) is 0 Å². The number of rotatable bonds is 6. The molecule has 0 aliphatic carbocycles. The fourth-order valence-corrected chi connectivity index (χ4v) is 2.54. The topological polar surface area (TPSA) is 67.4 Å². The highest BCUT2D eigenvalue weighted by atomic mass is 35.6. The van der Waals surface area contributed by atoms with Crippen LogP contribution in [0.1, 0.15) is 31.4 Å². The van der Waals surface area contributed by atoms with Gasteiger partial charge in [0.2, 0.25) is 9.70 Å². The van der Waals surface area contributed by atoms with E-state index in [0.29, 0.717) is 0 Å². The van der Waals surface area contributed by atoms with E-state index < -0.39 is 21.9 Å². The number of hydrogen-bond donors (Lipinski definition) is 2. The molecule has 0 saturated carbocycles. The number of para-hydroxylation sites is 1. The Bertz CT molecular complexity index is 566. The number of benzene rings is 1. The number of amides is 2. The third kappa shape index (κ3) is 6.04. The second kappa shape index (κ2) is 9.35. The molecule has 0 aliphatic heterocycles. The number of hydrogen-bond acceptors (Lipinski definition) is 3. The van der Waals surface area contributed by atoms with Crippen LogP contribution in [0.3, 0.4) is 0 Å². The van der Waals surface area contributed by atoms with Gasteiger partial charge in [-0.15, -0.1) is 0 Å². The van der Waals surface area contributed by atoms with Crippen molar-refractivity contribution in [2.75, 3.05) is 12.4 Å². The summed E-state index contributed by atoms with van der Waals surface area (Å²) < 4.78 is 3.06. The lowest BCUT2D eigenvalue weighted by Gasteiger charge is -2.24. The number of carbonyl (C=O) groups excluding carboxylic acids is 2. The summed E-state index contributed by atoms with van der Waals surface area (Å²) in [5.74, 6) is -0.397. The van der Waals surface area contributed by atoms with E-state index in [9.17, 15) is 9.59 Å². The SMILES string of the molecule is CCc1cccc(CC)c1NC(=O)CC(OC(=O)NC)C(Cl)(Cl)Cl. The lowest BCUT2D eigenvalue weighted by molar-refractivity contribution is -0.118. The van der Waals surface area contributed by atoms with Crippen molar-refractivity contribution in [1.82, 2.24) is 5.32 Å². The Hall–Kier alpha value is -1.17. The van der Waals surface area contributed by atoms with Gasteiger partial charge in [-0.25, -0.2) is 4.79 Å². The molecule has 0 bridgehead atoms. The number of carbonyl (C=O) groups is 2. The molecule has 0 saturated heterocycles. The summed E-state index contributed by atoms with van der Waals surface area (Å²) in [6.07, 6.45) is -0.716. The summed E-state index contributed by atoms with van der Waals surface area (Å²) in [5.41, 5.74) is 2.79. The van der Waals surface area contributed by atoms with Gasteiger partial charge < -0.3 is 15.4 Å². The van der Waals surface area contributed by atoms with Crippen LogP contribution < -0.4 is 10.6 Å². The molecule has 1 rings (SSSR count). The number of alkyl halides is 3. The third-order valence-corrected chi connectivity index (χ3v) is 4.18. The molecule has 8 heteroatoms. The van der Waals surface area contributed by atoms with Crippen molar-refractivity contribution in [3.63, 3.8) is 0 Å². The fraction of sp³-hybridized carbons (Fsp3) is 0.500. The van der Waals surface area contributed by atoms with E-state index in [0.717, 1.165) is 29.7 Å². The number of ether oxygens (including phenoxy) is 1. The minimum atomic E-state index is -1.91. The van der Waals surface area contributed by atoms with Crippen LogP contribution >= 0.6 is 34.8 Å². The average molecular weight is 396 g/mol. The highest BCUT2D eigenvalue weighted by Crippen LogP contribution is 2.34. The van der Waals surface area contributed by atoms with E-state index in [1.54, 1.807) is 0 Å². The summed E-state index contributed by atoms with van der Waals surface area (Å²) in [7, 11) is 1.38. The highest BCUT2D eigenvalue weighted by Gasteiger charge is 2.37. The molecule has 0 fully saturated rings. The monoisotopic (exact) mass is 394 g/mol. The van der Waals surface area contributed by atoms with Gasteiger partial charge in [-0.3, -0.25) is 4.79 Å². The molecule has 0 spiro atoms. The summed E-state index contributed by atoms with van der Waals surface area (Å²) >= 11 is 17.4. The average Bonchev–Trinajstić information content (AvgIpc) is 2.53. The summed E-state index contributed by atoms with van der Waals surface area (Å²) in [6.45, 7) is 4.01. The molecule has 134 valence electrons. The van der Waals surface area contributed by atoms with Crippen molar-refractivity contribution < 1.29 is 14.3 Å². The highest BCUT2D eigenvalue weighted by molar-refractivity contribution is 6.68. The lowest BCUT2D eigenvalue weighted by Crippen LogP contribution is -2.37. The van der Waals surface area contributed by atoms with Gasteiger partial charge in [0.1, 0.15) is 0 Å². The molecule has 1 atom stereocenters. The molecule has 0 heterocycles. The van der Waals surface area contributed by atoms with Gasteiger partial charge in [0.15, 0.2) is 6.10 Å². The number of anilines is 1. The molecule has 1 aromatic rings. The van der Waals surface area contributed by atoms with Gasteiger partial charge >= 0.3 is 6.09 Å². The van der Waals surface area contributed by atoms with Gasteiger partial charge in [-0.05, 0) is 24.0 Å². The van der Waals surface area contributed by atoms with Crippen molar-refractivity contribution in [3.05, 3.63) is 29.3 Å². The van der Waals surface area contributed by atoms with E-state index in [-0.39, 0.29) is 6.42 Å². The van der Waals surface area contributed by atoms with Gasteiger partial charge in [0.25, 0.3) is 0 Å². The predicted molar refractivity (Wildman–Crippen MR) is 98.1 cm³/mol. The standard InChI is InChI=1S/C16H21Cl3N2O3/c1-4-10-7-6-8-11(5-2)14(10)21-13(22)9-12(16(17,18)19)24-15(23)20-3/h6-8,12H,4-5,9H2,1-3H3,(H,20,23)(H,21,22). The molecule has 2 amide bonds. The van der Waals surface area contributed by atoms with Gasteiger partial charge in [0.05, 0.1) is 6.42 Å². The number of aryl methyl sites for hydroxylation is 2. The summed E-state index contributed by atoms with van der Waals surface area (Å²) in [4.78, 5) is 23.7. The Labute approximate surface area is 157 Å². The Morgan fingerprint density at radius 2 is 1.71 bits per heavy atom. The molecule has 24 heavy (non-hydrogen) atoms. The molecule has 0 radical (unpaired) electrons. The maximum absolute atomic E-state index is 12.4. The molecule has 5 nitrogen and oxygen atoms in total. The van der Waals surface area contributed by atoms with Crippen molar-refractivity contribution in [2.45, 2.75) is 43.0 Å². The molecule has 1 unspecified atom stereocenters. The van der Waals surface area contributed by atoms with Crippen molar-refractivity contribution >= 4 is 52.5 Å². The van der Waals surface area contributed by atoms with E-state index in [1.807, 2.05) is 32.0 Å². The summed E-state index contributed by atoms with van der Waals surface area (Å²) in [6, 6.07) is 5.84. The van der Waals surface area contributed by atoms with Crippen molar-refractivity contribution in [2.24, 2.45) is 0 Å². The quantitative estimate of drug-likeness (QED) is 0.708. The lowest BCUT2D eigenvalue weighted by atomic mass is 10.0. The van der Waals surface area contributed by atoms with Crippen LogP contribution in [0.25, 0.3) is 0 Å². The first-order valence-electron chi connectivity index (χ1n) is 7.58. The number of alkyl carbamates (subject to hydrolysis) is 1. The molecular formula is C16H21Cl3N2O3. The Kier molecular flexibility index (Phi) is 8.13. The number of halogens is 3. The normalized spacial score (nSPS) is 12.4. The first kappa shape index (κ1) is 20.9. The first-order valence-corrected chi connectivity index (χ1v) is 8.71. The Morgan fingerprint density at radius 3 is 2.12 bits per heavy atom. The minimum Gasteiger partial charge on any atom is -0.441 e. The molecule has 1 aromatic carbocycles. The Morgan fingerprint density at radius 1 is 1.17 bits per heavy atom. The van der Waals surface area contributed by atoms with Gasteiger partial charge in [-0.1, -0.05) is 66.8 Å². The first-order chi connectivity index (χ1) is 11.2. The second-order valence-electron chi connectivity index (χ2n) is 5.10. The van der Waals surface area contributed by atoms with E-state index in [4.69, 9.17) is 39.5 Å². The fourth-order valence-electron chi connectivity index (χ4n) is 2.17. The third-order valence-electron chi connectivity index (χ3n) is 3.45. The van der Waals surface area contributed by atoms with Crippen LogP contribution in [0.2, 0.25) is 0 Å². The maximum Gasteiger partial charge on any atom is 0.407 e. The van der Waals surface area contributed by atoms with Gasteiger partial charge in [-0.2, -0.15) is 0 Å². The maximum atomic E-state index is 12.4. The smallest absolute Gasteiger partial charge is 0.407 e. The van der Waals surface area contributed by atoms with Crippen molar-refractivity contribution in [3.8, 4) is 0 Å².